The minimum Gasteiger partial charge on any atom is -0.290 e. The zero-order valence-electron chi connectivity index (χ0n) is 8.97. The Hall–Kier alpha value is -0.260. The van der Waals surface area contributed by atoms with Crippen LogP contribution in [0.15, 0.2) is 24.3 Å². The molecule has 6 heteroatoms. The molecule has 1 aromatic rings. The standard InChI is InChI=1S/C11H12BrClF3N/c12-4-5-17(8-11(14,15)16)7-9-2-1-3-10(13)6-9/h1-3,6H,4-5,7-8H2. The molecule has 0 radical (unpaired) electrons. The average molecular weight is 331 g/mol. The highest BCUT2D eigenvalue weighted by Gasteiger charge is 2.30. The first-order valence-electron chi connectivity index (χ1n) is 5.00. The van der Waals surface area contributed by atoms with E-state index in [0.717, 1.165) is 5.56 Å². The summed E-state index contributed by atoms with van der Waals surface area (Å²) in [4.78, 5) is 1.33. The molecule has 0 aliphatic carbocycles. The van der Waals surface area contributed by atoms with Crippen LogP contribution in [0.2, 0.25) is 5.02 Å². The molecule has 17 heavy (non-hydrogen) atoms. The summed E-state index contributed by atoms with van der Waals surface area (Å²) in [7, 11) is 0. The Kier molecular flexibility index (Phi) is 5.76. The second-order valence-corrected chi connectivity index (χ2v) is 4.87. The van der Waals surface area contributed by atoms with Gasteiger partial charge in [0.15, 0.2) is 0 Å². The maximum absolute atomic E-state index is 12.3. The van der Waals surface area contributed by atoms with Gasteiger partial charge in [0, 0.05) is 23.4 Å². The predicted molar refractivity (Wildman–Crippen MR) is 66.6 cm³/mol. The van der Waals surface area contributed by atoms with E-state index < -0.39 is 12.7 Å². The predicted octanol–water partition coefficient (Wildman–Crippen LogP) is 4.10. The minimum atomic E-state index is -4.18. The molecule has 1 nitrogen and oxygen atoms in total. The van der Waals surface area contributed by atoms with E-state index in [1.807, 2.05) is 0 Å². The van der Waals surface area contributed by atoms with Gasteiger partial charge >= 0.3 is 6.18 Å². The van der Waals surface area contributed by atoms with Gasteiger partial charge in [0.1, 0.15) is 0 Å². The van der Waals surface area contributed by atoms with Gasteiger partial charge in [-0.25, -0.2) is 0 Å². The van der Waals surface area contributed by atoms with Gasteiger partial charge in [-0.1, -0.05) is 39.7 Å². The van der Waals surface area contributed by atoms with Crippen LogP contribution in [0.5, 0.6) is 0 Å². The van der Waals surface area contributed by atoms with E-state index in [1.165, 1.54) is 4.90 Å². The SMILES string of the molecule is FC(F)(F)CN(CCBr)Cc1cccc(Cl)c1. The van der Waals surface area contributed by atoms with Crippen molar-refractivity contribution in [1.82, 2.24) is 4.90 Å². The summed E-state index contributed by atoms with van der Waals surface area (Å²) >= 11 is 8.94. The fourth-order valence-corrected chi connectivity index (χ4v) is 2.20. The largest absolute Gasteiger partial charge is 0.401 e. The molecule has 0 saturated carbocycles. The smallest absolute Gasteiger partial charge is 0.290 e. The summed E-state index contributed by atoms with van der Waals surface area (Å²) in [5.41, 5.74) is 0.780. The third-order valence-corrected chi connectivity index (χ3v) is 2.69. The highest BCUT2D eigenvalue weighted by Crippen LogP contribution is 2.19. The van der Waals surface area contributed by atoms with Gasteiger partial charge in [-0.15, -0.1) is 0 Å². The quantitative estimate of drug-likeness (QED) is 0.735. The van der Waals surface area contributed by atoms with E-state index in [9.17, 15) is 13.2 Å². The van der Waals surface area contributed by atoms with Crippen molar-refractivity contribution in [3.63, 3.8) is 0 Å². The van der Waals surface area contributed by atoms with Gasteiger partial charge in [0.05, 0.1) is 6.54 Å². The van der Waals surface area contributed by atoms with Crippen LogP contribution >= 0.6 is 27.5 Å². The molecular formula is C11H12BrClF3N. The van der Waals surface area contributed by atoms with Crippen LogP contribution in [0.1, 0.15) is 5.56 Å². The van der Waals surface area contributed by atoms with Crippen LogP contribution in [0.25, 0.3) is 0 Å². The van der Waals surface area contributed by atoms with Crippen molar-refractivity contribution < 1.29 is 13.2 Å². The molecule has 0 bridgehead atoms. The summed E-state index contributed by atoms with van der Waals surface area (Å²) in [6.07, 6.45) is -4.18. The van der Waals surface area contributed by atoms with Crippen LogP contribution in [0.4, 0.5) is 13.2 Å². The van der Waals surface area contributed by atoms with Crippen molar-refractivity contribution in [1.29, 1.82) is 0 Å². The molecule has 0 aliphatic heterocycles. The number of hydrogen-bond acceptors (Lipinski definition) is 1. The number of alkyl halides is 4. The lowest BCUT2D eigenvalue weighted by Gasteiger charge is -2.22. The molecule has 0 aromatic heterocycles. The van der Waals surface area contributed by atoms with Gasteiger partial charge in [-0.05, 0) is 17.7 Å². The highest BCUT2D eigenvalue weighted by molar-refractivity contribution is 9.09. The summed E-state index contributed by atoms with van der Waals surface area (Å²) < 4.78 is 37.0. The van der Waals surface area contributed by atoms with Gasteiger partial charge in [0.25, 0.3) is 0 Å². The van der Waals surface area contributed by atoms with E-state index in [0.29, 0.717) is 16.9 Å². The summed E-state index contributed by atoms with van der Waals surface area (Å²) in [6.45, 7) is -0.331. The van der Waals surface area contributed by atoms with Gasteiger partial charge in [0.2, 0.25) is 0 Å². The molecular weight excluding hydrogens is 318 g/mol. The second-order valence-electron chi connectivity index (χ2n) is 3.64. The fourth-order valence-electron chi connectivity index (χ4n) is 1.48. The zero-order valence-corrected chi connectivity index (χ0v) is 11.3. The molecule has 0 aliphatic rings. The molecule has 1 rings (SSSR count). The van der Waals surface area contributed by atoms with E-state index in [4.69, 9.17) is 11.6 Å². The maximum Gasteiger partial charge on any atom is 0.401 e. The van der Waals surface area contributed by atoms with E-state index >= 15 is 0 Å². The third-order valence-electron chi connectivity index (χ3n) is 2.10. The normalized spacial score (nSPS) is 12.1. The van der Waals surface area contributed by atoms with Crippen LogP contribution in [0, 0.1) is 0 Å². The number of benzene rings is 1. The molecule has 0 heterocycles. The van der Waals surface area contributed by atoms with Crippen LogP contribution in [-0.2, 0) is 6.54 Å². The monoisotopic (exact) mass is 329 g/mol. The Morgan fingerprint density at radius 2 is 2.00 bits per heavy atom. The van der Waals surface area contributed by atoms with Crippen molar-refractivity contribution in [2.75, 3.05) is 18.4 Å². The van der Waals surface area contributed by atoms with Crippen LogP contribution in [-0.4, -0.2) is 29.5 Å². The fraction of sp³-hybridized carbons (Fsp3) is 0.455. The van der Waals surface area contributed by atoms with Gasteiger partial charge in [-0.3, -0.25) is 4.90 Å². The summed E-state index contributed by atoms with van der Waals surface area (Å²) in [5.74, 6) is 0. The first-order valence-corrected chi connectivity index (χ1v) is 6.50. The molecule has 0 N–H and O–H groups in total. The lowest BCUT2D eigenvalue weighted by atomic mass is 10.2. The molecule has 0 atom stereocenters. The number of halogens is 5. The van der Waals surface area contributed by atoms with E-state index in [1.54, 1.807) is 24.3 Å². The Morgan fingerprint density at radius 3 is 2.53 bits per heavy atom. The zero-order chi connectivity index (χ0) is 12.9. The highest BCUT2D eigenvalue weighted by atomic mass is 79.9. The molecule has 0 unspecified atom stereocenters. The third kappa shape index (κ3) is 6.29. The van der Waals surface area contributed by atoms with Gasteiger partial charge in [-0.2, -0.15) is 13.2 Å². The minimum absolute atomic E-state index is 0.242. The lowest BCUT2D eigenvalue weighted by Crippen LogP contribution is -2.35. The number of rotatable bonds is 5. The number of hydrogen-bond donors (Lipinski definition) is 0. The Labute approximate surface area is 112 Å². The molecule has 96 valence electrons. The molecule has 0 saturated heterocycles. The van der Waals surface area contributed by atoms with Gasteiger partial charge < -0.3 is 0 Å². The molecule has 1 aromatic carbocycles. The maximum atomic E-state index is 12.3. The van der Waals surface area contributed by atoms with E-state index in [-0.39, 0.29) is 6.54 Å². The van der Waals surface area contributed by atoms with E-state index in [2.05, 4.69) is 15.9 Å². The van der Waals surface area contributed by atoms with Crippen LogP contribution in [0.3, 0.4) is 0 Å². The van der Waals surface area contributed by atoms with Crippen molar-refractivity contribution in [3.05, 3.63) is 34.9 Å². The number of nitrogens with zero attached hydrogens (tertiary/aromatic N) is 1. The molecule has 0 fully saturated rings. The second kappa shape index (κ2) is 6.61. The van der Waals surface area contributed by atoms with Crippen molar-refractivity contribution in [2.24, 2.45) is 0 Å². The first kappa shape index (κ1) is 14.8. The van der Waals surface area contributed by atoms with Crippen LogP contribution < -0.4 is 0 Å². The van der Waals surface area contributed by atoms with Crippen molar-refractivity contribution in [3.8, 4) is 0 Å². The lowest BCUT2D eigenvalue weighted by molar-refractivity contribution is -0.146. The van der Waals surface area contributed by atoms with Crippen molar-refractivity contribution >= 4 is 27.5 Å². The molecule has 0 amide bonds. The van der Waals surface area contributed by atoms with Crippen molar-refractivity contribution in [2.45, 2.75) is 12.7 Å². The summed E-state index contributed by atoms with van der Waals surface area (Å²) in [6, 6.07) is 6.88. The molecule has 0 spiro atoms. The average Bonchev–Trinajstić information content (AvgIpc) is 2.15. The first-order chi connectivity index (χ1) is 7.90. The summed E-state index contributed by atoms with van der Waals surface area (Å²) in [5, 5.41) is 1.04. The Morgan fingerprint density at radius 1 is 1.29 bits per heavy atom. The Bertz CT molecular complexity index is 357. The Balaban J connectivity index is 2.66. The topological polar surface area (TPSA) is 3.24 Å².